The number of para-hydroxylation sites is 2. The van der Waals surface area contributed by atoms with Crippen LogP contribution in [0.25, 0.3) is 11.1 Å². The van der Waals surface area contributed by atoms with E-state index in [2.05, 4.69) is 16.0 Å². The fourth-order valence-corrected chi connectivity index (χ4v) is 3.38. The van der Waals surface area contributed by atoms with Crippen LogP contribution in [0.2, 0.25) is 0 Å². The molecule has 0 saturated carbocycles. The number of hydrogen-bond donors (Lipinski definition) is 0. The Morgan fingerprint density at radius 2 is 2.09 bits per heavy atom. The van der Waals surface area contributed by atoms with Crippen molar-refractivity contribution in [1.29, 1.82) is 5.26 Å². The lowest BCUT2D eigenvalue weighted by atomic mass is 10.3. The molecule has 0 bridgehead atoms. The highest BCUT2D eigenvalue weighted by Crippen LogP contribution is 2.22. The number of fused-ring (bicyclic) bond motifs is 1. The zero-order chi connectivity index (χ0) is 16.4. The average molecular weight is 326 g/mol. The van der Waals surface area contributed by atoms with Crippen molar-refractivity contribution < 1.29 is 4.42 Å². The van der Waals surface area contributed by atoms with Crippen LogP contribution in [-0.4, -0.2) is 20.3 Å². The number of thioether (sulfide) groups is 1. The van der Waals surface area contributed by atoms with E-state index in [0.717, 1.165) is 5.52 Å². The maximum absolute atomic E-state index is 11.9. The largest absolute Gasteiger partial charge is 0.419 e. The van der Waals surface area contributed by atoms with Gasteiger partial charge in [-0.25, -0.2) is 14.8 Å². The van der Waals surface area contributed by atoms with Crippen molar-refractivity contribution in [3.05, 3.63) is 51.9 Å². The molecule has 2 heterocycles. The number of oxazole rings is 1. The number of aryl methyl sites for hydroxylation is 3. The topological polar surface area (TPSA) is 84.7 Å². The van der Waals surface area contributed by atoms with Gasteiger partial charge >= 0.3 is 5.76 Å². The van der Waals surface area contributed by atoms with Gasteiger partial charge in [-0.15, -0.1) is 11.8 Å². The SMILES string of the molecule is Cc1nc(C)c(C#N)c(SCCn2c(=O)oc3ccccc32)n1. The van der Waals surface area contributed by atoms with Crippen LogP contribution in [0, 0.1) is 25.2 Å². The first-order valence-corrected chi connectivity index (χ1v) is 8.05. The van der Waals surface area contributed by atoms with E-state index in [1.165, 1.54) is 11.8 Å². The number of hydrogen-bond acceptors (Lipinski definition) is 6. The second-order valence-corrected chi connectivity index (χ2v) is 6.07. The van der Waals surface area contributed by atoms with E-state index in [1.54, 1.807) is 24.5 Å². The number of nitriles is 1. The summed E-state index contributed by atoms with van der Waals surface area (Å²) >= 11 is 1.44. The zero-order valence-corrected chi connectivity index (χ0v) is 13.6. The summed E-state index contributed by atoms with van der Waals surface area (Å²) in [5, 5.41) is 9.90. The van der Waals surface area contributed by atoms with Crippen LogP contribution in [0.5, 0.6) is 0 Å². The molecule has 7 heteroatoms. The van der Waals surface area contributed by atoms with Gasteiger partial charge in [0.2, 0.25) is 0 Å². The molecule has 116 valence electrons. The van der Waals surface area contributed by atoms with Gasteiger partial charge in [0.1, 0.15) is 22.5 Å². The lowest BCUT2D eigenvalue weighted by molar-refractivity contribution is 0.514. The van der Waals surface area contributed by atoms with E-state index >= 15 is 0 Å². The van der Waals surface area contributed by atoms with Gasteiger partial charge in [-0.2, -0.15) is 5.26 Å². The number of aromatic nitrogens is 3. The minimum Gasteiger partial charge on any atom is -0.408 e. The first-order chi connectivity index (χ1) is 11.1. The van der Waals surface area contributed by atoms with Gasteiger partial charge in [0, 0.05) is 12.3 Å². The molecule has 1 aromatic carbocycles. The lowest BCUT2D eigenvalue weighted by Gasteiger charge is -2.06. The Balaban J connectivity index is 1.81. The molecule has 2 aromatic heterocycles. The first-order valence-electron chi connectivity index (χ1n) is 7.06. The minimum atomic E-state index is -0.373. The summed E-state index contributed by atoms with van der Waals surface area (Å²) in [5.41, 5.74) is 2.51. The van der Waals surface area contributed by atoms with Crippen molar-refractivity contribution in [2.75, 3.05) is 5.75 Å². The predicted molar refractivity (Wildman–Crippen MR) is 87.4 cm³/mol. The summed E-state index contributed by atoms with van der Waals surface area (Å²) in [7, 11) is 0. The molecule has 3 rings (SSSR count). The second kappa shape index (κ2) is 6.26. The van der Waals surface area contributed by atoms with Gasteiger partial charge < -0.3 is 4.42 Å². The number of nitrogens with zero attached hydrogens (tertiary/aromatic N) is 4. The normalized spacial score (nSPS) is 10.8. The van der Waals surface area contributed by atoms with Crippen molar-refractivity contribution in [3.63, 3.8) is 0 Å². The van der Waals surface area contributed by atoms with Gasteiger partial charge in [-0.1, -0.05) is 12.1 Å². The van der Waals surface area contributed by atoms with Crippen LogP contribution in [0.1, 0.15) is 17.1 Å². The Labute approximate surface area is 136 Å². The molecule has 0 amide bonds. The number of benzene rings is 1. The van der Waals surface area contributed by atoms with Crippen LogP contribution in [0.15, 0.2) is 38.5 Å². The maximum Gasteiger partial charge on any atom is 0.419 e. The monoisotopic (exact) mass is 326 g/mol. The average Bonchev–Trinajstić information content (AvgIpc) is 2.83. The highest BCUT2D eigenvalue weighted by Gasteiger charge is 2.12. The summed E-state index contributed by atoms with van der Waals surface area (Å²) in [5.74, 6) is 0.867. The quantitative estimate of drug-likeness (QED) is 0.541. The molecule has 3 aromatic rings. The molecule has 6 nitrogen and oxygen atoms in total. The maximum atomic E-state index is 11.9. The van der Waals surface area contributed by atoms with Crippen molar-refractivity contribution >= 4 is 22.9 Å². The minimum absolute atomic E-state index is 0.373. The summed E-state index contributed by atoms with van der Waals surface area (Å²) in [4.78, 5) is 20.4. The first kappa shape index (κ1) is 15.3. The zero-order valence-electron chi connectivity index (χ0n) is 12.7. The summed E-state index contributed by atoms with van der Waals surface area (Å²) in [6.07, 6.45) is 0. The highest BCUT2D eigenvalue weighted by molar-refractivity contribution is 7.99. The predicted octanol–water partition coefficient (Wildman–Crippen LogP) is 2.67. The van der Waals surface area contributed by atoms with Gasteiger partial charge in [0.25, 0.3) is 0 Å². The standard InChI is InChI=1S/C16H14N4O2S/c1-10-12(9-17)15(19-11(2)18-10)23-8-7-20-13-5-3-4-6-14(13)22-16(20)21/h3-6H,7-8H2,1-2H3. The molecule has 0 aliphatic heterocycles. The van der Waals surface area contributed by atoms with Crippen molar-refractivity contribution in [1.82, 2.24) is 14.5 Å². The molecule has 0 saturated heterocycles. The molecule has 0 N–H and O–H groups in total. The van der Waals surface area contributed by atoms with Gasteiger partial charge in [0.15, 0.2) is 5.58 Å². The van der Waals surface area contributed by atoms with Crippen LogP contribution in [0.4, 0.5) is 0 Å². The van der Waals surface area contributed by atoms with Crippen molar-refractivity contribution in [3.8, 4) is 6.07 Å². The molecule has 0 aliphatic carbocycles. The Morgan fingerprint density at radius 3 is 2.87 bits per heavy atom. The fraction of sp³-hybridized carbons (Fsp3) is 0.250. The van der Waals surface area contributed by atoms with E-state index in [0.29, 0.717) is 40.0 Å². The summed E-state index contributed by atoms with van der Waals surface area (Å²) in [6, 6.07) is 9.46. The molecule has 0 fully saturated rings. The third kappa shape index (κ3) is 2.98. The Bertz CT molecular complexity index is 968. The molecule has 0 radical (unpaired) electrons. The van der Waals surface area contributed by atoms with Gasteiger partial charge in [0.05, 0.1) is 11.2 Å². The van der Waals surface area contributed by atoms with E-state index in [1.807, 2.05) is 18.2 Å². The fourth-order valence-electron chi connectivity index (χ4n) is 2.37. The lowest BCUT2D eigenvalue weighted by Crippen LogP contribution is -2.15. The third-order valence-corrected chi connectivity index (χ3v) is 4.36. The van der Waals surface area contributed by atoms with Crippen LogP contribution >= 0.6 is 11.8 Å². The van der Waals surface area contributed by atoms with Crippen LogP contribution < -0.4 is 5.76 Å². The Morgan fingerprint density at radius 1 is 1.30 bits per heavy atom. The second-order valence-electron chi connectivity index (χ2n) is 4.98. The molecule has 0 atom stereocenters. The Kier molecular flexibility index (Phi) is 4.17. The summed E-state index contributed by atoms with van der Waals surface area (Å²) < 4.78 is 6.80. The van der Waals surface area contributed by atoms with Gasteiger partial charge in [-0.3, -0.25) is 4.57 Å². The highest BCUT2D eigenvalue weighted by atomic mass is 32.2. The summed E-state index contributed by atoms with van der Waals surface area (Å²) in [6.45, 7) is 4.07. The molecule has 0 aliphatic rings. The molecular weight excluding hydrogens is 312 g/mol. The van der Waals surface area contributed by atoms with Crippen molar-refractivity contribution in [2.24, 2.45) is 0 Å². The van der Waals surface area contributed by atoms with E-state index in [4.69, 9.17) is 4.42 Å². The van der Waals surface area contributed by atoms with E-state index < -0.39 is 0 Å². The van der Waals surface area contributed by atoms with Crippen LogP contribution in [-0.2, 0) is 6.54 Å². The molecule has 0 spiro atoms. The third-order valence-electron chi connectivity index (χ3n) is 3.41. The molecule has 23 heavy (non-hydrogen) atoms. The van der Waals surface area contributed by atoms with Crippen LogP contribution in [0.3, 0.4) is 0 Å². The van der Waals surface area contributed by atoms with E-state index in [-0.39, 0.29) is 5.76 Å². The van der Waals surface area contributed by atoms with Crippen molar-refractivity contribution in [2.45, 2.75) is 25.4 Å². The van der Waals surface area contributed by atoms with E-state index in [9.17, 15) is 10.1 Å². The molecular formula is C16H14N4O2S. The van der Waals surface area contributed by atoms with Gasteiger partial charge in [-0.05, 0) is 26.0 Å². The Hall–Kier alpha value is -2.59. The smallest absolute Gasteiger partial charge is 0.408 e. The number of rotatable bonds is 4. The molecule has 0 unspecified atom stereocenters.